The van der Waals surface area contributed by atoms with Crippen molar-refractivity contribution in [3.63, 3.8) is 0 Å². The smallest absolute Gasteiger partial charge is 0.237 e. The molecule has 0 fully saturated rings. The largest absolute Gasteiger partial charge is 0.364 e. The van der Waals surface area contributed by atoms with Crippen LogP contribution in [0.25, 0.3) is 0 Å². The lowest BCUT2D eigenvalue weighted by Crippen LogP contribution is -2.44. The lowest BCUT2D eigenvalue weighted by Gasteiger charge is -2.17. The molecule has 2 atom stereocenters. The minimum atomic E-state index is -0.457. The molecule has 0 radical (unpaired) electrons. The predicted octanol–water partition coefficient (Wildman–Crippen LogP) is 0.664. The van der Waals surface area contributed by atoms with E-state index in [-0.39, 0.29) is 11.8 Å². The Bertz CT molecular complexity index is 298. The van der Waals surface area contributed by atoms with Gasteiger partial charge in [-0.25, -0.2) is 0 Å². The molecule has 0 saturated carbocycles. The average Bonchev–Trinajstić information content (AvgIpc) is 2.76. The van der Waals surface area contributed by atoms with Gasteiger partial charge in [0.2, 0.25) is 5.91 Å². The molecule has 0 bridgehead atoms. The van der Waals surface area contributed by atoms with Gasteiger partial charge in [0.05, 0.1) is 12.6 Å². The number of rotatable bonds is 5. The van der Waals surface area contributed by atoms with Crippen LogP contribution in [0.2, 0.25) is 0 Å². The van der Waals surface area contributed by atoms with Crippen molar-refractivity contribution in [2.45, 2.75) is 32.9 Å². The molecule has 0 aliphatic carbocycles. The zero-order valence-corrected chi connectivity index (χ0v) is 9.06. The molecule has 0 aliphatic heterocycles. The summed E-state index contributed by atoms with van der Waals surface area (Å²) in [6, 6.07) is 1.25. The molecule has 0 saturated heterocycles. The summed E-state index contributed by atoms with van der Waals surface area (Å²) in [6.07, 6.45) is 2.36. The monoisotopic (exact) mass is 211 g/mol. The molecular weight excluding hydrogens is 194 g/mol. The van der Waals surface area contributed by atoms with Crippen LogP contribution in [0, 0.1) is 5.92 Å². The zero-order chi connectivity index (χ0) is 11.3. The first kappa shape index (κ1) is 11.7. The number of amides is 1. The average molecular weight is 211 g/mol. The number of nitrogens with zero attached hydrogens (tertiary/aromatic N) is 1. The second kappa shape index (κ2) is 5.50. The summed E-state index contributed by atoms with van der Waals surface area (Å²) in [5.74, 6) is 0.0367. The van der Waals surface area contributed by atoms with Crippen molar-refractivity contribution in [2.75, 3.05) is 0 Å². The Morgan fingerprint density at radius 3 is 3.00 bits per heavy atom. The minimum absolute atomic E-state index is 0.146. The lowest BCUT2D eigenvalue weighted by molar-refractivity contribution is -0.123. The lowest BCUT2D eigenvalue weighted by atomic mass is 9.99. The zero-order valence-electron chi connectivity index (χ0n) is 9.06. The Hall–Kier alpha value is -1.36. The number of carbonyl (C=O) groups is 1. The molecule has 1 aromatic heterocycles. The van der Waals surface area contributed by atoms with Crippen LogP contribution in [0.3, 0.4) is 0 Å². The molecule has 5 nitrogen and oxygen atoms in total. The standard InChI is InChI=1S/C10H17N3O2/c1-3-7(2)9(11)10(14)12-6-8-4-5-15-13-8/h4-5,7,9H,3,6,11H2,1-2H3,(H,12,14). The van der Waals surface area contributed by atoms with Crippen LogP contribution in [-0.4, -0.2) is 17.1 Å². The summed E-state index contributed by atoms with van der Waals surface area (Å²) in [4.78, 5) is 11.5. The van der Waals surface area contributed by atoms with Crippen molar-refractivity contribution < 1.29 is 9.32 Å². The van der Waals surface area contributed by atoms with E-state index in [1.165, 1.54) is 6.26 Å². The number of hydrogen-bond acceptors (Lipinski definition) is 4. The van der Waals surface area contributed by atoms with E-state index in [0.29, 0.717) is 12.2 Å². The Labute approximate surface area is 89.0 Å². The van der Waals surface area contributed by atoms with Gasteiger partial charge in [0.15, 0.2) is 0 Å². The normalized spacial score (nSPS) is 14.6. The van der Waals surface area contributed by atoms with Crippen LogP contribution in [0.15, 0.2) is 16.9 Å². The van der Waals surface area contributed by atoms with Gasteiger partial charge in [0.1, 0.15) is 12.0 Å². The van der Waals surface area contributed by atoms with Crippen molar-refractivity contribution >= 4 is 5.91 Å². The third-order valence-corrected chi connectivity index (χ3v) is 2.49. The van der Waals surface area contributed by atoms with Crippen molar-refractivity contribution in [3.8, 4) is 0 Å². The topological polar surface area (TPSA) is 81.2 Å². The third kappa shape index (κ3) is 3.36. The van der Waals surface area contributed by atoms with Crippen LogP contribution in [0.1, 0.15) is 26.0 Å². The maximum Gasteiger partial charge on any atom is 0.237 e. The minimum Gasteiger partial charge on any atom is -0.364 e. The third-order valence-electron chi connectivity index (χ3n) is 2.49. The highest BCUT2D eigenvalue weighted by Crippen LogP contribution is 2.05. The van der Waals surface area contributed by atoms with Crippen LogP contribution in [-0.2, 0) is 11.3 Å². The molecule has 0 aromatic carbocycles. The Kier molecular flexibility index (Phi) is 4.30. The van der Waals surface area contributed by atoms with Gasteiger partial charge in [-0.1, -0.05) is 25.4 Å². The summed E-state index contributed by atoms with van der Waals surface area (Å²) in [6.45, 7) is 4.33. The summed E-state index contributed by atoms with van der Waals surface area (Å²) in [5, 5.41) is 6.40. The number of carbonyl (C=O) groups excluding carboxylic acids is 1. The van der Waals surface area contributed by atoms with Gasteiger partial charge in [-0.15, -0.1) is 0 Å². The van der Waals surface area contributed by atoms with Gasteiger partial charge in [-0.3, -0.25) is 4.79 Å². The van der Waals surface area contributed by atoms with Crippen LogP contribution in [0.5, 0.6) is 0 Å². The SMILES string of the molecule is CCC(C)C(N)C(=O)NCc1ccon1. The first-order chi connectivity index (χ1) is 7.15. The number of nitrogens with one attached hydrogen (secondary N) is 1. The highest BCUT2D eigenvalue weighted by atomic mass is 16.5. The van der Waals surface area contributed by atoms with E-state index in [1.807, 2.05) is 13.8 Å². The maximum absolute atomic E-state index is 11.5. The van der Waals surface area contributed by atoms with Gasteiger partial charge >= 0.3 is 0 Å². The summed E-state index contributed by atoms with van der Waals surface area (Å²) in [5.41, 5.74) is 6.45. The molecule has 0 spiro atoms. The van der Waals surface area contributed by atoms with E-state index in [4.69, 9.17) is 5.73 Å². The van der Waals surface area contributed by atoms with E-state index in [1.54, 1.807) is 6.07 Å². The second-order valence-corrected chi connectivity index (χ2v) is 3.62. The molecule has 3 N–H and O–H groups in total. The molecule has 15 heavy (non-hydrogen) atoms. The molecule has 1 amide bonds. The quantitative estimate of drug-likeness (QED) is 0.749. The number of aromatic nitrogens is 1. The van der Waals surface area contributed by atoms with E-state index in [0.717, 1.165) is 6.42 Å². The Morgan fingerprint density at radius 1 is 1.73 bits per heavy atom. The van der Waals surface area contributed by atoms with Crippen molar-refractivity contribution in [1.82, 2.24) is 10.5 Å². The van der Waals surface area contributed by atoms with Crippen LogP contribution in [0.4, 0.5) is 0 Å². The summed E-state index contributed by atoms with van der Waals surface area (Å²) in [7, 11) is 0. The van der Waals surface area contributed by atoms with E-state index in [2.05, 4.69) is 15.0 Å². The van der Waals surface area contributed by atoms with Crippen molar-refractivity contribution in [3.05, 3.63) is 18.0 Å². The van der Waals surface area contributed by atoms with E-state index < -0.39 is 6.04 Å². The Morgan fingerprint density at radius 2 is 2.47 bits per heavy atom. The van der Waals surface area contributed by atoms with Crippen molar-refractivity contribution in [1.29, 1.82) is 0 Å². The first-order valence-corrected chi connectivity index (χ1v) is 5.07. The molecular formula is C10H17N3O2. The molecule has 1 rings (SSSR count). The highest BCUT2D eigenvalue weighted by Gasteiger charge is 2.18. The molecule has 5 heteroatoms. The van der Waals surface area contributed by atoms with Crippen LogP contribution < -0.4 is 11.1 Å². The molecule has 0 aliphatic rings. The Balaban J connectivity index is 2.36. The van der Waals surface area contributed by atoms with Crippen LogP contribution >= 0.6 is 0 Å². The van der Waals surface area contributed by atoms with Gasteiger partial charge in [-0.2, -0.15) is 0 Å². The fourth-order valence-corrected chi connectivity index (χ4v) is 1.14. The summed E-state index contributed by atoms with van der Waals surface area (Å²) < 4.78 is 4.64. The molecule has 2 unspecified atom stereocenters. The highest BCUT2D eigenvalue weighted by molar-refractivity contribution is 5.81. The van der Waals surface area contributed by atoms with Gasteiger partial charge in [-0.05, 0) is 5.92 Å². The molecule has 1 aromatic rings. The number of hydrogen-bond donors (Lipinski definition) is 2. The maximum atomic E-state index is 11.5. The van der Waals surface area contributed by atoms with Gasteiger partial charge in [0.25, 0.3) is 0 Å². The first-order valence-electron chi connectivity index (χ1n) is 5.07. The predicted molar refractivity (Wildman–Crippen MR) is 55.8 cm³/mol. The van der Waals surface area contributed by atoms with Gasteiger partial charge < -0.3 is 15.6 Å². The van der Waals surface area contributed by atoms with Gasteiger partial charge in [0, 0.05) is 6.07 Å². The van der Waals surface area contributed by atoms with E-state index in [9.17, 15) is 4.79 Å². The number of nitrogens with two attached hydrogens (primary N) is 1. The second-order valence-electron chi connectivity index (χ2n) is 3.62. The fraction of sp³-hybridized carbons (Fsp3) is 0.600. The molecule has 84 valence electrons. The van der Waals surface area contributed by atoms with E-state index >= 15 is 0 Å². The summed E-state index contributed by atoms with van der Waals surface area (Å²) >= 11 is 0. The van der Waals surface area contributed by atoms with Crippen molar-refractivity contribution in [2.24, 2.45) is 11.7 Å². The fourth-order valence-electron chi connectivity index (χ4n) is 1.14. The molecule has 1 heterocycles.